The van der Waals surface area contributed by atoms with Crippen LogP contribution in [-0.4, -0.2) is 35.7 Å². The van der Waals surface area contributed by atoms with Gasteiger partial charge in [0.1, 0.15) is 0 Å². The maximum atomic E-state index is 12.3. The van der Waals surface area contributed by atoms with E-state index < -0.39 is 0 Å². The van der Waals surface area contributed by atoms with Gasteiger partial charge in [0, 0.05) is 25.2 Å². The summed E-state index contributed by atoms with van der Waals surface area (Å²) >= 11 is 0. The lowest BCUT2D eigenvalue weighted by Crippen LogP contribution is -2.55. The Kier molecular flexibility index (Phi) is 4.60. The second-order valence-corrected chi connectivity index (χ2v) is 7.19. The van der Waals surface area contributed by atoms with Crippen LogP contribution in [0.3, 0.4) is 0 Å². The number of nitrogens with one attached hydrogen (secondary N) is 1. The topological polar surface area (TPSA) is 67.6 Å². The molecule has 23 heavy (non-hydrogen) atoms. The van der Waals surface area contributed by atoms with E-state index in [-0.39, 0.29) is 17.7 Å². The molecule has 0 spiro atoms. The summed E-state index contributed by atoms with van der Waals surface area (Å²) in [6.45, 7) is 6.67. The molecular weight excluding hydrogens is 290 g/mol. The van der Waals surface area contributed by atoms with E-state index in [4.69, 9.17) is 10.5 Å². The lowest BCUT2D eigenvalue weighted by Gasteiger charge is -2.39. The zero-order valence-electron chi connectivity index (χ0n) is 14.0. The molecule has 0 bridgehead atoms. The average Bonchev–Trinajstić information content (AvgIpc) is 2.75. The third kappa shape index (κ3) is 3.67. The molecule has 1 aromatic rings. The van der Waals surface area contributed by atoms with Crippen molar-refractivity contribution < 1.29 is 9.53 Å². The first-order chi connectivity index (χ1) is 11.0. The molecule has 3 N–H and O–H groups in total. The van der Waals surface area contributed by atoms with Crippen LogP contribution in [-0.2, 0) is 17.9 Å². The quantitative estimate of drug-likeness (QED) is 0.875. The van der Waals surface area contributed by atoms with E-state index in [1.807, 2.05) is 36.9 Å². The summed E-state index contributed by atoms with van der Waals surface area (Å²) < 4.78 is 5.62. The van der Waals surface area contributed by atoms with Gasteiger partial charge >= 0.3 is 6.03 Å². The molecule has 0 unspecified atom stereocenters. The van der Waals surface area contributed by atoms with Crippen LogP contribution in [0.5, 0.6) is 0 Å². The molecule has 2 atom stereocenters. The SMILES string of the molecule is CC(C)OCc1cccc(CNC(=O)N2C[C@@H]3CC[C@]3(N)C2)c1. The summed E-state index contributed by atoms with van der Waals surface area (Å²) in [6, 6.07) is 8.15. The van der Waals surface area contributed by atoms with Crippen molar-refractivity contribution in [1.29, 1.82) is 0 Å². The summed E-state index contributed by atoms with van der Waals surface area (Å²) in [7, 11) is 0. The summed E-state index contributed by atoms with van der Waals surface area (Å²) in [6.07, 6.45) is 2.41. The Hall–Kier alpha value is -1.59. The molecular formula is C18H27N3O2. The number of benzene rings is 1. The van der Waals surface area contributed by atoms with Crippen LogP contribution in [0.25, 0.3) is 0 Å². The maximum absolute atomic E-state index is 12.3. The number of rotatable bonds is 5. The Morgan fingerprint density at radius 2 is 2.26 bits per heavy atom. The fourth-order valence-electron chi connectivity index (χ4n) is 3.42. The molecule has 2 aliphatic rings. The first kappa shape index (κ1) is 16.3. The van der Waals surface area contributed by atoms with Gasteiger partial charge in [-0.3, -0.25) is 0 Å². The van der Waals surface area contributed by atoms with Crippen molar-refractivity contribution >= 4 is 6.03 Å². The van der Waals surface area contributed by atoms with E-state index >= 15 is 0 Å². The van der Waals surface area contributed by atoms with Gasteiger partial charge in [-0.2, -0.15) is 0 Å². The smallest absolute Gasteiger partial charge is 0.317 e. The number of amides is 2. The second-order valence-electron chi connectivity index (χ2n) is 7.19. The number of carbonyl (C=O) groups excluding carboxylic acids is 1. The van der Waals surface area contributed by atoms with Gasteiger partial charge in [-0.05, 0) is 43.7 Å². The number of hydrogen-bond donors (Lipinski definition) is 2. The molecule has 5 heteroatoms. The first-order valence-corrected chi connectivity index (χ1v) is 8.47. The van der Waals surface area contributed by atoms with E-state index in [1.54, 1.807) is 0 Å². The number of likely N-dealkylation sites (tertiary alicyclic amines) is 1. The summed E-state index contributed by atoms with van der Waals surface area (Å²) in [5, 5.41) is 3.01. The second kappa shape index (κ2) is 6.49. The van der Waals surface area contributed by atoms with Crippen LogP contribution in [0.4, 0.5) is 4.79 Å². The normalized spacial score (nSPS) is 26.1. The first-order valence-electron chi connectivity index (χ1n) is 8.47. The number of nitrogens with two attached hydrogens (primary N) is 1. The van der Waals surface area contributed by atoms with Crippen LogP contribution < -0.4 is 11.1 Å². The molecule has 0 aromatic heterocycles. The van der Waals surface area contributed by atoms with Gasteiger partial charge in [-0.25, -0.2) is 4.79 Å². The van der Waals surface area contributed by atoms with Crippen LogP contribution in [0.2, 0.25) is 0 Å². The number of fused-ring (bicyclic) bond motifs is 1. The summed E-state index contributed by atoms with van der Waals surface area (Å²) in [5.74, 6) is 0.491. The third-order valence-electron chi connectivity index (χ3n) is 5.00. The molecule has 126 valence electrons. The lowest BCUT2D eigenvalue weighted by atomic mass is 9.70. The van der Waals surface area contributed by atoms with Crippen molar-refractivity contribution in [3.8, 4) is 0 Å². The van der Waals surface area contributed by atoms with Gasteiger partial charge < -0.3 is 20.7 Å². The molecule has 1 heterocycles. The Morgan fingerprint density at radius 1 is 1.48 bits per heavy atom. The minimum atomic E-state index is -0.120. The Labute approximate surface area is 138 Å². The minimum Gasteiger partial charge on any atom is -0.374 e. The Balaban J connectivity index is 1.50. The fraction of sp³-hybridized carbons (Fsp3) is 0.611. The van der Waals surface area contributed by atoms with Crippen molar-refractivity contribution in [3.63, 3.8) is 0 Å². The summed E-state index contributed by atoms with van der Waals surface area (Å²) in [5.41, 5.74) is 8.39. The predicted octanol–water partition coefficient (Wildman–Crippen LogP) is 2.24. The van der Waals surface area contributed by atoms with Crippen molar-refractivity contribution in [2.24, 2.45) is 11.7 Å². The highest BCUT2D eigenvalue weighted by molar-refractivity contribution is 5.75. The monoisotopic (exact) mass is 317 g/mol. The Morgan fingerprint density at radius 3 is 2.87 bits per heavy atom. The minimum absolute atomic E-state index is 0.00643. The standard InChI is InChI=1S/C18H27N3O2/c1-13(2)23-11-15-5-3-4-14(8-15)9-20-17(22)21-10-16-6-7-18(16,19)12-21/h3-5,8,13,16H,6-7,9-12,19H2,1-2H3,(H,20,22)/t16-,18-/m0/s1. The fourth-order valence-corrected chi connectivity index (χ4v) is 3.42. The van der Waals surface area contributed by atoms with Crippen molar-refractivity contribution in [2.45, 2.75) is 51.5 Å². The van der Waals surface area contributed by atoms with E-state index in [0.717, 1.165) is 30.5 Å². The van der Waals surface area contributed by atoms with Crippen molar-refractivity contribution in [3.05, 3.63) is 35.4 Å². The maximum Gasteiger partial charge on any atom is 0.317 e. The molecule has 5 nitrogen and oxygen atoms in total. The molecule has 1 saturated heterocycles. The lowest BCUT2D eigenvalue weighted by molar-refractivity contribution is 0.0657. The van der Waals surface area contributed by atoms with Gasteiger partial charge in [-0.15, -0.1) is 0 Å². The average molecular weight is 317 g/mol. The van der Waals surface area contributed by atoms with Gasteiger partial charge in [0.05, 0.1) is 12.7 Å². The molecule has 1 aliphatic carbocycles. The largest absolute Gasteiger partial charge is 0.374 e. The predicted molar refractivity (Wildman–Crippen MR) is 89.8 cm³/mol. The van der Waals surface area contributed by atoms with Crippen LogP contribution in [0.15, 0.2) is 24.3 Å². The van der Waals surface area contributed by atoms with Crippen LogP contribution in [0, 0.1) is 5.92 Å². The Bertz CT molecular complexity index is 575. The zero-order valence-corrected chi connectivity index (χ0v) is 14.0. The van der Waals surface area contributed by atoms with Gasteiger partial charge in [-0.1, -0.05) is 24.3 Å². The molecule has 1 aliphatic heterocycles. The van der Waals surface area contributed by atoms with E-state index in [1.165, 1.54) is 0 Å². The van der Waals surface area contributed by atoms with Gasteiger partial charge in [0.2, 0.25) is 0 Å². The van der Waals surface area contributed by atoms with E-state index in [9.17, 15) is 4.79 Å². The number of carbonyl (C=O) groups is 1. The van der Waals surface area contributed by atoms with Crippen molar-refractivity contribution in [2.75, 3.05) is 13.1 Å². The van der Waals surface area contributed by atoms with E-state index in [0.29, 0.717) is 25.6 Å². The highest BCUT2D eigenvalue weighted by Crippen LogP contribution is 2.42. The van der Waals surface area contributed by atoms with Crippen LogP contribution >= 0.6 is 0 Å². The number of hydrogen-bond acceptors (Lipinski definition) is 3. The summed E-state index contributed by atoms with van der Waals surface area (Å²) in [4.78, 5) is 14.2. The zero-order chi connectivity index (χ0) is 16.4. The number of nitrogens with zero attached hydrogens (tertiary/aromatic N) is 1. The van der Waals surface area contributed by atoms with Gasteiger partial charge in [0.15, 0.2) is 0 Å². The van der Waals surface area contributed by atoms with E-state index in [2.05, 4.69) is 11.4 Å². The third-order valence-corrected chi connectivity index (χ3v) is 5.00. The number of urea groups is 1. The van der Waals surface area contributed by atoms with Crippen LogP contribution in [0.1, 0.15) is 37.8 Å². The molecule has 1 aromatic carbocycles. The van der Waals surface area contributed by atoms with Gasteiger partial charge in [0.25, 0.3) is 0 Å². The molecule has 3 rings (SSSR count). The molecule has 2 amide bonds. The number of ether oxygens (including phenoxy) is 1. The highest BCUT2D eigenvalue weighted by Gasteiger charge is 2.51. The highest BCUT2D eigenvalue weighted by atomic mass is 16.5. The van der Waals surface area contributed by atoms with Crippen molar-refractivity contribution in [1.82, 2.24) is 10.2 Å². The molecule has 0 radical (unpaired) electrons. The molecule has 1 saturated carbocycles. The molecule has 2 fully saturated rings.